The van der Waals surface area contributed by atoms with E-state index in [9.17, 15) is 0 Å². The molecule has 0 aliphatic carbocycles. The Morgan fingerprint density at radius 1 is 1.62 bits per heavy atom. The Balaban J connectivity index is 2.23. The van der Waals surface area contributed by atoms with Crippen LogP contribution in [0.2, 0.25) is 0 Å². The Morgan fingerprint density at radius 3 is 2.75 bits per heavy atom. The quantitative estimate of drug-likeness (QED) is 0.470. The molecule has 2 heteroatoms. The Kier molecular flexibility index (Phi) is 1.86. The second-order valence-electron chi connectivity index (χ2n) is 2.53. The fourth-order valence-corrected chi connectivity index (χ4v) is 1.11. The molecule has 0 radical (unpaired) electrons. The van der Waals surface area contributed by atoms with Gasteiger partial charge in [-0.1, -0.05) is 0 Å². The molecule has 1 aliphatic rings. The average molecular weight is 115 g/mol. The topological polar surface area (TPSA) is 32.3 Å². The van der Waals surface area contributed by atoms with Crippen molar-refractivity contribution in [3.05, 3.63) is 0 Å². The van der Waals surface area contributed by atoms with Crippen LogP contribution in [0.25, 0.3) is 0 Å². The summed E-state index contributed by atoms with van der Waals surface area (Å²) >= 11 is 0. The predicted molar refractivity (Wildman–Crippen MR) is 32.7 cm³/mol. The Morgan fingerprint density at radius 2 is 2.38 bits per heavy atom. The molecule has 0 aromatic carbocycles. The first-order chi connectivity index (χ1) is 3.79. The minimum atomic E-state index is -0.0498. The van der Waals surface area contributed by atoms with E-state index in [4.69, 9.17) is 5.11 Å². The standard InChI is InChI=1S/C6H13NO/c1-5-4-6(8)2-3-7-5/h5-8H,2-4H2,1H3/t5-,6?/m1/s1. The zero-order chi connectivity index (χ0) is 5.98. The van der Waals surface area contributed by atoms with Crippen molar-refractivity contribution < 1.29 is 5.11 Å². The summed E-state index contributed by atoms with van der Waals surface area (Å²) in [5.41, 5.74) is 0. The highest BCUT2D eigenvalue weighted by Gasteiger charge is 2.14. The van der Waals surface area contributed by atoms with E-state index >= 15 is 0 Å². The van der Waals surface area contributed by atoms with Gasteiger partial charge in [0.05, 0.1) is 6.10 Å². The molecule has 1 fully saturated rings. The molecular weight excluding hydrogens is 102 g/mol. The van der Waals surface area contributed by atoms with Crippen LogP contribution in [0.15, 0.2) is 0 Å². The SMILES string of the molecule is C[C@@H]1CC(O)CCN1. The van der Waals surface area contributed by atoms with Gasteiger partial charge in [0.2, 0.25) is 0 Å². The minimum absolute atomic E-state index is 0.0498. The molecule has 1 unspecified atom stereocenters. The summed E-state index contributed by atoms with van der Waals surface area (Å²) in [4.78, 5) is 0. The fourth-order valence-electron chi connectivity index (χ4n) is 1.11. The molecule has 8 heavy (non-hydrogen) atoms. The van der Waals surface area contributed by atoms with Crippen molar-refractivity contribution in [1.82, 2.24) is 5.32 Å². The lowest BCUT2D eigenvalue weighted by Crippen LogP contribution is -2.37. The molecule has 1 saturated heterocycles. The Bertz CT molecular complexity index is 66.9. The normalized spacial score (nSPS) is 39.8. The van der Waals surface area contributed by atoms with E-state index in [1.807, 2.05) is 0 Å². The maximum absolute atomic E-state index is 9.04. The van der Waals surface area contributed by atoms with Crippen LogP contribution < -0.4 is 5.32 Å². The highest BCUT2D eigenvalue weighted by molar-refractivity contribution is 4.73. The van der Waals surface area contributed by atoms with Crippen LogP contribution >= 0.6 is 0 Å². The third kappa shape index (κ3) is 1.46. The van der Waals surface area contributed by atoms with Gasteiger partial charge < -0.3 is 10.4 Å². The van der Waals surface area contributed by atoms with E-state index in [-0.39, 0.29) is 6.10 Å². The highest BCUT2D eigenvalue weighted by Crippen LogP contribution is 2.06. The van der Waals surface area contributed by atoms with Crippen LogP contribution in [0, 0.1) is 0 Å². The first kappa shape index (κ1) is 6.05. The van der Waals surface area contributed by atoms with Crippen LogP contribution in [0.3, 0.4) is 0 Å². The molecule has 2 nitrogen and oxygen atoms in total. The molecular formula is C6H13NO. The van der Waals surface area contributed by atoms with Gasteiger partial charge in [0.15, 0.2) is 0 Å². The van der Waals surface area contributed by atoms with Crippen LogP contribution in [-0.4, -0.2) is 23.8 Å². The van der Waals surface area contributed by atoms with Gasteiger partial charge in [0.25, 0.3) is 0 Å². The van der Waals surface area contributed by atoms with Gasteiger partial charge >= 0.3 is 0 Å². The number of aliphatic hydroxyl groups is 1. The largest absolute Gasteiger partial charge is 0.393 e. The summed E-state index contributed by atoms with van der Waals surface area (Å²) in [5.74, 6) is 0. The zero-order valence-corrected chi connectivity index (χ0v) is 5.22. The van der Waals surface area contributed by atoms with Gasteiger partial charge in [-0.2, -0.15) is 0 Å². The number of rotatable bonds is 0. The Hall–Kier alpha value is -0.0800. The van der Waals surface area contributed by atoms with Crippen LogP contribution in [-0.2, 0) is 0 Å². The van der Waals surface area contributed by atoms with Crippen molar-refractivity contribution in [3.8, 4) is 0 Å². The molecule has 1 rings (SSSR count). The van der Waals surface area contributed by atoms with Crippen molar-refractivity contribution >= 4 is 0 Å². The van der Waals surface area contributed by atoms with Crippen LogP contribution in [0.1, 0.15) is 19.8 Å². The maximum atomic E-state index is 9.04. The molecule has 0 amide bonds. The Labute approximate surface area is 49.9 Å². The van der Waals surface area contributed by atoms with Crippen molar-refractivity contribution in [3.63, 3.8) is 0 Å². The zero-order valence-electron chi connectivity index (χ0n) is 5.22. The van der Waals surface area contributed by atoms with E-state index in [0.717, 1.165) is 19.4 Å². The maximum Gasteiger partial charge on any atom is 0.0567 e. The lowest BCUT2D eigenvalue weighted by molar-refractivity contribution is 0.120. The molecule has 2 N–H and O–H groups in total. The number of nitrogens with one attached hydrogen (secondary N) is 1. The molecule has 0 aromatic heterocycles. The lowest BCUT2D eigenvalue weighted by atomic mass is 10.0. The number of aliphatic hydroxyl groups excluding tert-OH is 1. The molecule has 0 bridgehead atoms. The third-order valence-electron chi connectivity index (χ3n) is 1.60. The summed E-state index contributed by atoms with van der Waals surface area (Å²) in [6.45, 7) is 3.07. The van der Waals surface area contributed by atoms with Crippen LogP contribution in [0.4, 0.5) is 0 Å². The third-order valence-corrected chi connectivity index (χ3v) is 1.60. The molecule has 0 saturated carbocycles. The van der Waals surface area contributed by atoms with Crippen molar-refractivity contribution in [1.29, 1.82) is 0 Å². The van der Waals surface area contributed by atoms with E-state index in [1.165, 1.54) is 0 Å². The van der Waals surface area contributed by atoms with Crippen molar-refractivity contribution in [2.75, 3.05) is 6.54 Å². The van der Waals surface area contributed by atoms with Gasteiger partial charge in [-0.05, 0) is 26.3 Å². The second kappa shape index (κ2) is 2.46. The van der Waals surface area contributed by atoms with Crippen molar-refractivity contribution in [2.45, 2.75) is 31.9 Å². The fraction of sp³-hybridized carbons (Fsp3) is 1.00. The minimum Gasteiger partial charge on any atom is -0.393 e. The molecule has 2 atom stereocenters. The first-order valence-corrected chi connectivity index (χ1v) is 3.20. The van der Waals surface area contributed by atoms with Gasteiger partial charge in [-0.15, -0.1) is 0 Å². The summed E-state index contributed by atoms with van der Waals surface area (Å²) in [6, 6.07) is 0.513. The van der Waals surface area contributed by atoms with E-state index in [1.54, 1.807) is 0 Å². The predicted octanol–water partition coefficient (Wildman–Crippen LogP) is 0.119. The summed E-state index contributed by atoms with van der Waals surface area (Å²) < 4.78 is 0. The second-order valence-corrected chi connectivity index (χ2v) is 2.53. The van der Waals surface area contributed by atoms with E-state index in [0.29, 0.717) is 6.04 Å². The van der Waals surface area contributed by atoms with E-state index in [2.05, 4.69) is 12.2 Å². The summed E-state index contributed by atoms with van der Waals surface area (Å²) in [6.07, 6.45) is 1.79. The van der Waals surface area contributed by atoms with Gasteiger partial charge in [0.1, 0.15) is 0 Å². The van der Waals surface area contributed by atoms with Gasteiger partial charge in [-0.25, -0.2) is 0 Å². The first-order valence-electron chi connectivity index (χ1n) is 3.20. The van der Waals surface area contributed by atoms with Crippen LogP contribution in [0.5, 0.6) is 0 Å². The molecule has 1 heterocycles. The summed E-state index contributed by atoms with van der Waals surface area (Å²) in [5, 5.41) is 12.3. The summed E-state index contributed by atoms with van der Waals surface area (Å²) in [7, 11) is 0. The number of hydrogen-bond donors (Lipinski definition) is 2. The molecule has 0 aromatic rings. The molecule has 0 spiro atoms. The number of hydrogen-bond acceptors (Lipinski definition) is 2. The van der Waals surface area contributed by atoms with Crippen molar-refractivity contribution in [2.24, 2.45) is 0 Å². The van der Waals surface area contributed by atoms with E-state index < -0.39 is 0 Å². The molecule has 1 aliphatic heterocycles. The monoisotopic (exact) mass is 115 g/mol. The van der Waals surface area contributed by atoms with Gasteiger partial charge in [0, 0.05) is 6.04 Å². The smallest absolute Gasteiger partial charge is 0.0567 e. The van der Waals surface area contributed by atoms with Gasteiger partial charge in [-0.3, -0.25) is 0 Å². The average Bonchev–Trinajstić information content (AvgIpc) is 1.64. The number of piperidine rings is 1. The lowest BCUT2D eigenvalue weighted by Gasteiger charge is -2.23. The molecule has 48 valence electrons. The highest BCUT2D eigenvalue weighted by atomic mass is 16.3.